The Morgan fingerprint density at radius 2 is 1.81 bits per heavy atom. The quantitative estimate of drug-likeness (QED) is 0.750. The highest BCUT2D eigenvalue weighted by molar-refractivity contribution is 5.59. The Kier molecular flexibility index (Phi) is 3.31. The van der Waals surface area contributed by atoms with E-state index in [2.05, 4.69) is 15.5 Å². The van der Waals surface area contributed by atoms with Crippen LogP contribution in [0.3, 0.4) is 0 Å². The summed E-state index contributed by atoms with van der Waals surface area (Å²) in [4.78, 5) is 0. The summed E-state index contributed by atoms with van der Waals surface area (Å²) >= 11 is 0. The third-order valence-corrected chi connectivity index (χ3v) is 3.04. The summed E-state index contributed by atoms with van der Waals surface area (Å²) in [6.07, 6.45) is 0. The number of nitrogen functional groups attached to an aromatic ring is 1. The standard InChI is InChI=1S/C14H11F2N5/c15-11-4-1-9(2-5-11)8-21-14(18-19-20-21)10-3-6-13(17)12(16)7-10/h1-7H,8,17H2. The number of tetrazole rings is 1. The van der Waals surface area contributed by atoms with Gasteiger partial charge in [0, 0.05) is 5.56 Å². The van der Waals surface area contributed by atoms with Gasteiger partial charge in [0.05, 0.1) is 12.2 Å². The summed E-state index contributed by atoms with van der Waals surface area (Å²) in [5, 5.41) is 11.4. The minimum Gasteiger partial charge on any atom is -0.396 e. The zero-order chi connectivity index (χ0) is 14.8. The van der Waals surface area contributed by atoms with Crippen LogP contribution in [0.15, 0.2) is 42.5 Å². The van der Waals surface area contributed by atoms with Crippen molar-refractivity contribution >= 4 is 5.69 Å². The fourth-order valence-electron chi connectivity index (χ4n) is 1.95. The fraction of sp³-hybridized carbons (Fsp3) is 0.0714. The van der Waals surface area contributed by atoms with E-state index in [4.69, 9.17) is 5.73 Å². The molecule has 0 aliphatic heterocycles. The number of halogens is 2. The van der Waals surface area contributed by atoms with Gasteiger partial charge in [-0.1, -0.05) is 12.1 Å². The van der Waals surface area contributed by atoms with E-state index in [0.717, 1.165) is 5.56 Å². The second-order valence-corrected chi connectivity index (χ2v) is 4.52. The van der Waals surface area contributed by atoms with E-state index in [0.29, 0.717) is 17.9 Å². The highest BCUT2D eigenvalue weighted by Gasteiger charge is 2.11. The minimum absolute atomic E-state index is 0.0660. The fourth-order valence-corrected chi connectivity index (χ4v) is 1.95. The van der Waals surface area contributed by atoms with Gasteiger partial charge in [0.1, 0.15) is 11.6 Å². The first kappa shape index (κ1) is 13.2. The van der Waals surface area contributed by atoms with Crippen molar-refractivity contribution in [1.82, 2.24) is 20.2 Å². The molecule has 1 heterocycles. The molecule has 21 heavy (non-hydrogen) atoms. The summed E-state index contributed by atoms with van der Waals surface area (Å²) < 4.78 is 27.9. The van der Waals surface area contributed by atoms with Crippen LogP contribution in [-0.4, -0.2) is 20.2 Å². The van der Waals surface area contributed by atoms with Gasteiger partial charge in [0.25, 0.3) is 0 Å². The molecular formula is C14H11F2N5. The van der Waals surface area contributed by atoms with Crippen molar-refractivity contribution < 1.29 is 8.78 Å². The smallest absolute Gasteiger partial charge is 0.182 e. The average molecular weight is 287 g/mol. The van der Waals surface area contributed by atoms with Crippen LogP contribution in [0.4, 0.5) is 14.5 Å². The molecule has 0 atom stereocenters. The highest BCUT2D eigenvalue weighted by Crippen LogP contribution is 2.21. The minimum atomic E-state index is -0.524. The predicted octanol–water partition coefficient (Wildman–Crippen LogP) is 2.25. The molecule has 106 valence electrons. The van der Waals surface area contributed by atoms with Crippen molar-refractivity contribution in [3.8, 4) is 11.4 Å². The molecule has 7 heteroatoms. The SMILES string of the molecule is Nc1ccc(-c2nnnn2Cc2ccc(F)cc2)cc1F. The van der Waals surface area contributed by atoms with Crippen LogP contribution < -0.4 is 5.73 Å². The third-order valence-electron chi connectivity index (χ3n) is 3.04. The number of anilines is 1. The summed E-state index contributed by atoms with van der Waals surface area (Å²) in [7, 11) is 0. The third kappa shape index (κ3) is 2.71. The van der Waals surface area contributed by atoms with E-state index in [1.54, 1.807) is 18.2 Å². The van der Waals surface area contributed by atoms with Gasteiger partial charge >= 0.3 is 0 Å². The van der Waals surface area contributed by atoms with Crippen LogP contribution in [0.5, 0.6) is 0 Å². The molecule has 0 bridgehead atoms. The van der Waals surface area contributed by atoms with Crippen LogP contribution in [0, 0.1) is 11.6 Å². The molecule has 1 aromatic heterocycles. The maximum Gasteiger partial charge on any atom is 0.182 e. The number of aromatic nitrogens is 4. The molecule has 0 amide bonds. The van der Waals surface area contributed by atoms with E-state index in [-0.39, 0.29) is 11.5 Å². The molecule has 0 unspecified atom stereocenters. The second kappa shape index (κ2) is 5.28. The lowest BCUT2D eigenvalue weighted by atomic mass is 10.1. The molecule has 0 fully saturated rings. The Balaban J connectivity index is 1.93. The molecule has 0 radical (unpaired) electrons. The number of hydrogen-bond donors (Lipinski definition) is 1. The Hall–Kier alpha value is -2.83. The average Bonchev–Trinajstić information content (AvgIpc) is 2.92. The zero-order valence-electron chi connectivity index (χ0n) is 10.9. The van der Waals surface area contributed by atoms with Crippen molar-refractivity contribution in [3.05, 3.63) is 59.7 Å². The maximum atomic E-state index is 13.5. The lowest BCUT2D eigenvalue weighted by Crippen LogP contribution is -2.05. The molecule has 5 nitrogen and oxygen atoms in total. The largest absolute Gasteiger partial charge is 0.396 e. The van der Waals surface area contributed by atoms with E-state index in [9.17, 15) is 8.78 Å². The van der Waals surface area contributed by atoms with Crippen molar-refractivity contribution in [2.45, 2.75) is 6.54 Å². The van der Waals surface area contributed by atoms with Crippen molar-refractivity contribution in [2.75, 3.05) is 5.73 Å². The number of nitrogens with two attached hydrogens (primary N) is 1. The van der Waals surface area contributed by atoms with Crippen LogP contribution in [-0.2, 0) is 6.54 Å². The van der Waals surface area contributed by atoms with Crippen molar-refractivity contribution in [1.29, 1.82) is 0 Å². The molecule has 2 aromatic carbocycles. The molecule has 0 spiro atoms. The molecule has 0 saturated carbocycles. The number of hydrogen-bond acceptors (Lipinski definition) is 4. The molecule has 0 aliphatic carbocycles. The summed E-state index contributed by atoms with van der Waals surface area (Å²) in [5.74, 6) is -0.418. The van der Waals surface area contributed by atoms with Gasteiger partial charge in [0.2, 0.25) is 0 Å². The zero-order valence-corrected chi connectivity index (χ0v) is 10.9. The number of rotatable bonds is 3. The predicted molar refractivity (Wildman–Crippen MR) is 73.1 cm³/mol. The molecule has 3 rings (SSSR count). The van der Waals surface area contributed by atoms with E-state index < -0.39 is 5.82 Å². The highest BCUT2D eigenvalue weighted by atomic mass is 19.1. The van der Waals surface area contributed by atoms with Crippen molar-refractivity contribution in [3.63, 3.8) is 0 Å². The maximum absolute atomic E-state index is 13.5. The summed E-state index contributed by atoms with van der Waals surface area (Å²) in [6, 6.07) is 10.4. The van der Waals surface area contributed by atoms with Crippen LogP contribution in [0.1, 0.15) is 5.56 Å². The van der Waals surface area contributed by atoms with Gasteiger partial charge in [-0.15, -0.1) is 5.10 Å². The first-order valence-electron chi connectivity index (χ1n) is 6.19. The first-order chi connectivity index (χ1) is 10.1. The number of nitrogens with zero attached hydrogens (tertiary/aromatic N) is 4. The molecule has 3 aromatic rings. The van der Waals surface area contributed by atoms with Gasteiger partial charge in [-0.2, -0.15) is 0 Å². The Morgan fingerprint density at radius 3 is 2.52 bits per heavy atom. The van der Waals surface area contributed by atoms with Crippen LogP contribution in [0.2, 0.25) is 0 Å². The lowest BCUT2D eigenvalue weighted by molar-refractivity contribution is 0.621. The summed E-state index contributed by atoms with van der Waals surface area (Å²) in [6.45, 7) is 0.356. The number of benzene rings is 2. The lowest BCUT2D eigenvalue weighted by Gasteiger charge is -2.06. The topological polar surface area (TPSA) is 69.6 Å². The van der Waals surface area contributed by atoms with Crippen LogP contribution >= 0.6 is 0 Å². The first-order valence-corrected chi connectivity index (χ1v) is 6.19. The molecule has 0 saturated heterocycles. The molecule has 0 aliphatic rings. The van der Waals surface area contributed by atoms with Gasteiger partial charge < -0.3 is 5.73 Å². The molecule has 2 N–H and O–H groups in total. The summed E-state index contributed by atoms with van der Waals surface area (Å²) in [5.41, 5.74) is 6.87. The van der Waals surface area contributed by atoms with Gasteiger partial charge in [-0.3, -0.25) is 0 Å². The van der Waals surface area contributed by atoms with Crippen LogP contribution in [0.25, 0.3) is 11.4 Å². The second-order valence-electron chi connectivity index (χ2n) is 4.52. The van der Waals surface area contributed by atoms with Gasteiger partial charge in [0.15, 0.2) is 5.82 Å². The van der Waals surface area contributed by atoms with E-state index in [1.807, 2.05) is 0 Å². The van der Waals surface area contributed by atoms with E-state index in [1.165, 1.54) is 28.9 Å². The Labute approximate surface area is 119 Å². The van der Waals surface area contributed by atoms with E-state index >= 15 is 0 Å². The van der Waals surface area contributed by atoms with Crippen molar-refractivity contribution in [2.24, 2.45) is 0 Å². The van der Waals surface area contributed by atoms with Gasteiger partial charge in [-0.25, -0.2) is 13.5 Å². The Bertz CT molecular complexity index is 767. The van der Waals surface area contributed by atoms with Gasteiger partial charge in [-0.05, 0) is 46.3 Å². The monoisotopic (exact) mass is 287 g/mol. The normalized spacial score (nSPS) is 10.8. The molecular weight excluding hydrogens is 276 g/mol. The Morgan fingerprint density at radius 1 is 1.05 bits per heavy atom.